The van der Waals surface area contributed by atoms with Crippen molar-refractivity contribution >= 4 is 49.0 Å². The zero-order valence-corrected chi connectivity index (χ0v) is 13.3. The molecule has 1 amide bonds. The SMILES string of the molecule is CS(=O)(=O)CCC(N)C(=O)Nc1ccc(Cl)cc1Br. The quantitative estimate of drug-likeness (QED) is 0.828. The molecule has 3 N–H and O–H groups in total. The highest BCUT2D eigenvalue weighted by molar-refractivity contribution is 9.10. The van der Waals surface area contributed by atoms with E-state index < -0.39 is 21.8 Å². The molecule has 0 aliphatic heterocycles. The summed E-state index contributed by atoms with van der Waals surface area (Å²) in [6.45, 7) is 0. The van der Waals surface area contributed by atoms with Gasteiger partial charge in [0.25, 0.3) is 0 Å². The summed E-state index contributed by atoms with van der Waals surface area (Å²) in [5, 5.41) is 3.14. The number of hydrogen-bond donors (Lipinski definition) is 2. The first-order chi connectivity index (χ1) is 8.69. The van der Waals surface area contributed by atoms with Gasteiger partial charge in [0.05, 0.1) is 17.5 Å². The summed E-state index contributed by atoms with van der Waals surface area (Å²) in [5.74, 6) is -0.560. The van der Waals surface area contributed by atoms with E-state index >= 15 is 0 Å². The molecule has 0 heterocycles. The topological polar surface area (TPSA) is 89.3 Å². The Morgan fingerprint density at radius 2 is 2.16 bits per heavy atom. The molecule has 0 aromatic heterocycles. The number of hydrogen-bond acceptors (Lipinski definition) is 4. The lowest BCUT2D eigenvalue weighted by Crippen LogP contribution is -2.37. The van der Waals surface area contributed by atoms with Gasteiger partial charge in [-0.25, -0.2) is 8.42 Å². The molecule has 1 unspecified atom stereocenters. The van der Waals surface area contributed by atoms with Crippen LogP contribution in [0.25, 0.3) is 0 Å². The Morgan fingerprint density at radius 1 is 1.53 bits per heavy atom. The predicted octanol–water partition coefficient (Wildman–Crippen LogP) is 1.80. The van der Waals surface area contributed by atoms with Crippen LogP contribution in [0.3, 0.4) is 0 Å². The number of amides is 1. The largest absolute Gasteiger partial charge is 0.324 e. The minimum absolute atomic E-state index is 0.0792. The van der Waals surface area contributed by atoms with E-state index in [-0.39, 0.29) is 12.2 Å². The molecule has 0 saturated heterocycles. The second kappa shape index (κ2) is 6.69. The van der Waals surface area contributed by atoms with Crippen molar-refractivity contribution in [3.8, 4) is 0 Å². The summed E-state index contributed by atoms with van der Waals surface area (Å²) >= 11 is 9.04. The molecule has 0 fully saturated rings. The highest BCUT2D eigenvalue weighted by atomic mass is 79.9. The predicted molar refractivity (Wildman–Crippen MR) is 80.1 cm³/mol. The maximum absolute atomic E-state index is 11.8. The lowest BCUT2D eigenvalue weighted by molar-refractivity contribution is -0.117. The Labute approximate surface area is 125 Å². The minimum atomic E-state index is -3.13. The van der Waals surface area contributed by atoms with Crippen LogP contribution in [-0.4, -0.2) is 32.4 Å². The van der Waals surface area contributed by atoms with Crippen molar-refractivity contribution in [1.29, 1.82) is 0 Å². The zero-order chi connectivity index (χ0) is 14.6. The van der Waals surface area contributed by atoms with Crippen molar-refractivity contribution in [2.45, 2.75) is 12.5 Å². The molecular formula is C11H14BrClN2O3S. The molecule has 1 rings (SSSR count). The van der Waals surface area contributed by atoms with Crippen LogP contribution in [0.15, 0.2) is 22.7 Å². The first-order valence-electron chi connectivity index (χ1n) is 5.38. The Kier molecular flexibility index (Phi) is 5.79. The Bertz CT molecular complexity index is 577. The van der Waals surface area contributed by atoms with Crippen LogP contribution in [0.4, 0.5) is 5.69 Å². The third-order valence-electron chi connectivity index (χ3n) is 2.33. The standard InChI is InChI=1S/C11H14BrClN2O3S/c1-19(17,18)5-4-9(14)11(16)15-10-3-2-7(13)6-8(10)12/h2-3,6,9H,4-5,14H2,1H3,(H,15,16). The van der Waals surface area contributed by atoms with Crippen LogP contribution >= 0.6 is 27.5 Å². The van der Waals surface area contributed by atoms with E-state index in [1.165, 1.54) is 0 Å². The van der Waals surface area contributed by atoms with Crippen molar-refractivity contribution in [1.82, 2.24) is 0 Å². The maximum Gasteiger partial charge on any atom is 0.241 e. The number of carbonyl (C=O) groups is 1. The molecule has 0 bridgehead atoms. The number of anilines is 1. The minimum Gasteiger partial charge on any atom is -0.324 e. The van der Waals surface area contributed by atoms with Crippen LogP contribution in [0.2, 0.25) is 5.02 Å². The summed E-state index contributed by atoms with van der Waals surface area (Å²) in [7, 11) is -3.13. The molecule has 1 aromatic rings. The van der Waals surface area contributed by atoms with Gasteiger partial charge in [-0.15, -0.1) is 0 Å². The molecular weight excluding hydrogens is 356 g/mol. The van der Waals surface area contributed by atoms with Gasteiger partial charge in [-0.05, 0) is 40.5 Å². The second-order valence-electron chi connectivity index (χ2n) is 4.14. The van der Waals surface area contributed by atoms with Gasteiger partial charge < -0.3 is 11.1 Å². The molecule has 19 heavy (non-hydrogen) atoms. The fourth-order valence-corrected chi connectivity index (χ4v) is 2.75. The van der Waals surface area contributed by atoms with Crippen molar-refractivity contribution in [2.75, 3.05) is 17.3 Å². The number of halogens is 2. The third kappa shape index (κ3) is 5.90. The van der Waals surface area contributed by atoms with Gasteiger partial charge in [0, 0.05) is 15.8 Å². The highest BCUT2D eigenvalue weighted by Crippen LogP contribution is 2.25. The first kappa shape index (κ1) is 16.4. The van der Waals surface area contributed by atoms with Crippen LogP contribution in [0.5, 0.6) is 0 Å². The van der Waals surface area contributed by atoms with E-state index in [9.17, 15) is 13.2 Å². The summed E-state index contributed by atoms with van der Waals surface area (Å²) in [5.41, 5.74) is 6.17. The fourth-order valence-electron chi connectivity index (χ4n) is 1.29. The van der Waals surface area contributed by atoms with Crippen LogP contribution in [0, 0.1) is 0 Å². The van der Waals surface area contributed by atoms with Gasteiger partial charge in [0.15, 0.2) is 0 Å². The van der Waals surface area contributed by atoms with Gasteiger partial charge in [0.2, 0.25) is 5.91 Å². The molecule has 106 valence electrons. The molecule has 0 spiro atoms. The van der Waals surface area contributed by atoms with E-state index in [4.69, 9.17) is 17.3 Å². The van der Waals surface area contributed by atoms with E-state index in [0.29, 0.717) is 15.2 Å². The average molecular weight is 370 g/mol. The van der Waals surface area contributed by atoms with Crippen molar-refractivity contribution in [3.63, 3.8) is 0 Å². The Balaban J connectivity index is 2.64. The van der Waals surface area contributed by atoms with Crippen LogP contribution < -0.4 is 11.1 Å². The maximum atomic E-state index is 11.8. The van der Waals surface area contributed by atoms with E-state index in [1.807, 2.05) is 0 Å². The van der Waals surface area contributed by atoms with Crippen LogP contribution in [0.1, 0.15) is 6.42 Å². The lowest BCUT2D eigenvalue weighted by Gasteiger charge is -2.13. The summed E-state index contributed by atoms with van der Waals surface area (Å²) in [4.78, 5) is 11.8. The zero-order valence-electron chi connectivity index (χ0n) is 10.2. The average Bonchev–Trinajstić information content (AvgIpc) is 2.28. The molecule has 0 radical (unpaired) electrons. The number of nitrogens with two attached hydrogens (primary N) is 1. The second-order valence-corrected chi connectivity index (χ2v) is 7.69. The normalized spacial score (nSPS) is 13.1. The van der Waals surface area contributed by atoms with Crippen molar-refractivity contribution in [3.05, 3.63) is 27.7 Å². The van der Waals surface area contributed by atoms with Crippen molar-refractivity contribution < 1.29 is 13.2 Å². The molecule has 0 aliphatic carbocycles. The highest BCUT2D eigenvalue weighted by Gasteiger charge is 2.17. The number of rotatable bonds is 5. The Hall–Kier alpha value is -0.630. The van der Waals surface area contributed by atoms with Gasteiger partial charge >= 0.3 is 0 Å². The summed E-state index contributed by atoms with van der Waals surface area (Å²) < 4.78 is 22.6. The number of carbonyl (C=O) groups excluding carboxylic acids is 1. The summed E-state index contributed by atoms with van der Waals surface area (Å²) in [6.07, 6.45) is 1.18. The lowest BCUT2D eigenvalue weighted by atomic mass is 10.2. The third-order valence-corrected chi connectivity index (χ3v) is 4.19. The monoisotopic (exact) mass is 368 g/mol. The molecule has 5 nitrogen and oxygen atoms in total. The molecule has 1 aromatic carbocycles. The number of nitrogens with one attached hydrogen (secondary N) is 1. The van der Waals surface area contributed by atoms with Gasteiger partial charge in [-0.3, -0.25) is 4.79 Å². The van der Waals surface area contributed by atoms with E-state index in [0.717, 1.165) is 6.26 Å². The van der Waals surface area contributed by atoms with E-state index in [1.54, 1.807) is 18.2 Å². The van der Waals surface area contributed by atoms with Crippen molar-refractivity contribution in [2.24, 2.45) is 5.73 Å². The van der Waals surface area contributed by atoms with Gasteiger partial charge in [-0.2, -0.15) is 0 Å². The van der Waals surface area contributed by atoms with Gasteiger partial charge in [-0.1, -0.05) is 11.6 Å². The smallest absolute Gasteiger partial charge is 0.241 e. The number of benzene rings is 1. The molecule has 0 aliphatic rings. The molecule has 1 atom stereocenters. The van der Waals surface area contributed by atoms with Crippen LogP contribution in [-0.2, 0) is 14.6 Å². The van der Waals surface area contributed by atoms with E-state index in [2.05, 4.69) is 21.2 Å². The first-order valence-corrected chi connectivity index (χ1v) is 8.61. The number of sulfone groups is 1. The molecule has 0 saturated carbocycles. The molecule has 8 heteroatoms. The fraction of sp³-hybridized carbons (Fsp3) is 0.364. The van der Waals surface area contributed by atoms with Gasteiger partial charge in [0.1, 0.15) is 9.84 Å². The summed E-state index contributed by atoms with van der Waals surface area (Å²) in [6, 6.07) is 4.02. The Morgan fingerprint density at radius 3 is 2.68 bits per heavy atom.